The molecule has 2 heterocycles. The fourth-order valence-corrected chi connectivity index (χ4v) is 3.74. The first kappa shape index (κ1) is 18.4. The topological polar surface area (TPSA) is 41.6 Å². The van der Waals surface area contributed by atoms with Crippen LogP contribution in [-0.2, 0) is 10.2 Å². The smallest absolute Gasteiger partial charge is 0.251 e. The van der Waals surface area contributed by atoms with Gasteiger partial charge in [-0.05, 0) is 48.3 Å². The van der Waals surface area contributed by atoms with Gasteiger partial charge in [0.05, 0.1) is 6.61 Å². The number of rotatable bonds is 4. The van der Waals surface area contributed by atoms with E-state index in [0.717, 1.165) is 51.3 Å². The third-order valence-corrected chi connectivity index (χ3v) is 5.48. The SMILES string of the molecule is CC(C)(C)c1ccc(C(=O)NC2CCN(CC3CCOC3)CC2)cc1. The Balaban J connectivity index is 1.45. The molecule has 3 rings (SSSR count). The summed E-state index contributed by atoms with van der Waals surface area (Å²) in [6.45, 7) is 11.7. The lowest BCUT2D eigenvalue weighted by Crippen LogP contribution is -2.45. The second kappa shape index (κ2) is 7.88. The lowest BCUT2D eigenvalue weighted by atomic mass is 9.86. The van der Waals surface area contributed by atoms with E-state index in [1.54, 1.807) is 0 Å². The van der Waals surface area contributed by atoms with Gasteiger partial charge in [-0.3, -0.25) is 4.79 Å². The second-order valence-corrected chi connectivity index (χ2v) is 8.61. The fourth-order valence-electron chi connectivity index (χ4n) is 3.74. The van der Waals surface area contributed by atoms with Gasteiger partial charge in [0.1, 0.15) is 0 Å². The standard InChI is InChI=1S/C21H32N2O2/c1-21(2,3)18-6-4-17(5-7-18)20(24)22-19-8-11-23(12-9-19)14-16-10-13-25-15-16/h4-7,16,19H,8-15H2,1-3H3,(H,22,24). The summed E-state index contributed by atoms with van der Waals surface area (Å²) in [5.74, 6) is 0.760. The molecule has 2 fully saturated rings. The molecule has 0 aliphatic carbocycles. The number of carbonyl (C=O) groups excluding carboxylic acids is 1. The van der Waals surface area contributed by atoms with Gasteiger partial charge in [0.25, 0.3) is 5.91 Å². The molecule has 1 amide bonds. The van der Waals surface area contributed by atoms with Gasteiger partial charge in [0.15, 0.2) is 0 Å². The van der Waals surface area contributed by atoms with Crippen LogP contribution in [0.3, 0.4) is 0 Å². The zero-order valence-electron chi connectivity index (χ0n) is 15.9. The van der Waals surface area contributed by atoms with Crippen LogP contribution in [0.5, 0.6) is 0 Å². The first-order valence-electron chi connectivity index (χ1n) is 9.63. The van der Waals surface area contributed by atoms with Gasteiger partial charge >= 0.3 is 0 Å². The number of likely N-dealkylation sites (tertiary alicyclic amines) is 1. The summed E-state index contributed by atoms with van der Waals surface area (Å²) in [4.78, 5) is 15.0. The van der Waals surface area contributed by atoms with Gasteiger partial charge in [-0.1, -0.05) is 32.9 Å². The van der Waals surface area contributed by atoms with E-state index in [9.17, 15) is 4.79 Å². The fraction of sp³-hybridized carbons (Fsp3) is 0.667. The molecule has 138 valence electrons. The molecule has 4 nitrogen and oxygen atoms in total. The van der Waals surface area contributed by atoms with E-state index in [-0.39, 0.29) is 11.3 Å². The normalized spacial score (nSPS) is 22.9. The van der Waals surface area contributed by atoms with Crippen molar-refractivity contribution in [2.24, 2.45) is 5.92 Å². The predicted molar refractivity (Wildman–Crippen MR) is 101 cm³/mol. The molecule has 1 unspecified atom stereocenters. The molecule has 0 radical (unpaired) electrons. The minimum atomic E-state index is 0.0584. The number of benzene rings is 1. The summed E-state index contributed by atoms with van der Waals surface area (Å²) in [5.41, 5.74) is 2.14. The first-order chi connectivity index (χ1) is 11.9. The van der Waals surface area contributed by atoms with E-state index in [0.29, 0.717) is 12.0 Å². The van der Waals surface area contributed by atoms with Crippen molar-refractivity contribution in [3.63, 3.8) is 0 Å². The number of ether oxygens (including phenoxy) is 1. The van der Waals surface area contributed by atoms with E-state index in [1.165, 1.54) is 12.0 Å². The molecule has 1 aromatic rings. The van der Waals surface area contributed by atoms with Crippen molar-refractivity contribution in [3.8, 4) is 0 Å². The molecule has 25 heavy (non-hydrogen) atoms. The maximum Gasteiger partial charge on any atom is 0.251 e. The predicted octanol–water partition coefficient (Wildman–Crippen LogP) is 3.21. The van der Waals surface area contributed by atoms with E-state index >= 15 is 0 Å². The van der Waals surface area contributed by atoms with Crippen LogP contribution in [0.25, 0.3) is 0 Å². The van der Waals surface area contributed by atoms with Crippen LogP contribution in [0, 0.1) is 5.92 Å². The van der Waals surface area contributed by atoms with Crippen LogP contribution in [0.15, 0.2) is 24.3 Å². The van der Waals surface area contributed by atoms with Crippen LogP contribution in [-0.4, -0.2) is 49.7 Å². The number of amides is 1. The summed E-state index contributed by atoms with van der Waals surface area (Å²) in [7, 11) is 0. The highest BCUT2D eigenvalue weighted by Crippen LogP contribution is 2.22. The van der Waals surface area contributed by atoms with Crippen molar-refractivity contribution >= 4 is 5.91 Å². The summed E-state index contributed by atoms with van der Waals surface area (Å²) >= 11 is 0. The van der Waals surface area contributed by atoms with Gasteiger partial charge in [-0.25, -0.2) is 0 Å². The van der Waals surface area contributed by atoms with Gasteiger partial charge in [0, 0.05) is 37.8 Å². The number of piperidine rings is 1. The molecule has 0 saturated carbocycles. The molecule has 0 aromatic heterocycles. The van der Waals surface area contributed by atoms with Crippen molar-refractivity contribution in [1.82, 2.24) is 10.2 Å². The molecule has 0 bridgehead atoms. The molecular weight excluding hydrogens is 312 g/mol. The Hall–Kier alpha value is -1.39. The van der Waals surface area contributed by atoms with Crippen LogP contribution in [0.1, 0.15) is 56.0 Å². The van der Waals surface area contributed by atoms with Crippen molar-refractivity contribution in [2.45, 2.75) is 51.5 Å². The van der Waals surface area contributed by atoms with Crippen molar-refractivity contribution in [3.05, 3.63) is 35.4 Å². The van der Waals surface area contributed by atoms with Crippen molar-refractivity contribution < 1.29 is 9.53 Å². The average molecular weight is 344 g/mol. The number of carbonyl (C=O) groups is 1. The second-order valence-electron chi connectivity index (χ2n) is 8.61. The molecule has 0 spiro atoms. The molecule has 1 aromatic carbocycles. The third kappa shape index (κ3) is 5.05. The number of hydrogen-bond donors (Lipinski definition) is 1. The summed E-state index contributed by atoms with van der Waals surface area (Å²) in [5, 5.41) is 3.22. The molecule has 4 heteroatoms. The van der Waals surface area contributed by atoms with Crippen molar-refractivity contribution in [2.75, 3.05) is 32.8 Å². The molecule has 2 aliphatic rings. The molecule has 1 atom stereocenters. The van der Waals surface area contributed by atoms with Crippen LogP contribution >= 0.6 is 0 Å². The number of nitrogens with zero attached hydrogens (tertiary/aromatic N) is 1. The highest BCUT2D eigenvalue weighted by Gasteiger charge is 2.25. The van der Waals surface area contributed by atoms with Gasteiger partial charge < -0.3 is 15.0 Å². The Morgan fingerprint density at radius 2 is 1.84 bits per heavy atom. The van der Waals surface area contributed by atoms with Crippen LogP contribution in [0.2, 0.25) is 0 Å². The maximum absolute atomic E-state index is 12.5. The Bertz CT molecular complexity index is 563. The third-order valence-electron chi connectivity index (χ3n) is 5.48. The number of hydrogen-bond acceptors (Lipinski definition) is 3. The molecule has 2 saturated heterocycles. The summed E-state index contributed by atoms with van der Waals surface area (Å²) < 4.78 is 5.47. The Kier molecular flexibility index (Phi) is 5.80. The van der Waals surface area contributed by atoms with Crippen molar-refractivity contribution in [1.29, 1.82) is 0 Å². The Labute approximate surface area is 151 Å². The first-order valence-corrected chi connectivity index (χ1v) is 9.63. The minimum Gasteiger partial charge on any atom is -0.381 e. The minimum absolute atomic E-state index is 0.0584. The quantitative estimate of drug-likeness (QED) is 0.912. The van der Waals surface area contributed by atoms with E-state index < -0.39 is 0 Å². The molecule has 1 N–H and O–H groups in total. The van der Waals surface area contributed by atoms with E-state index in [2.05, 4.69) is 43.1 Å². The monoisotopic (exact) mass is 344 g/mol. The van der Waals surface area contributed by atoms with Crippen LogP contribution < -0.4 is 5.32 Å². The van der Waals surface area contributed by atoms with Gasteiger partial charge in [0.2, 0.25) is 0 Å². The maximum atomic E-state index is 12.5. The van der Waals surface area contributed by atoms with Gasteiger partial charge in [-0.2, -0.15) is 0 Å². The molecule has 2 aliphatic heterocycles. The zero-order valence-corrected chi connectivity index (χ0v) is 15.9. The largest absolute Gasteiger partial charge is 0.381 e. The zero-order chi connectivity index (χ0) is 17.9. The van der Waals surface area contributed by atoms with Crippen LogP contribution in [0.4, 0.5) is 0 Å². The Morgan fingerprint density at radius 3 is 2.40 bits per heavy atom. The summed E-state index contributed by atoms with van der Waals surface area (Å²) in [6, 6.07) is 8.34. The Morgan fingerprint density at radius 1 is 1.16 bits per heavy atom. The highest BCUT2D eigenvalue weighted by molar-refractivity contribution is 5.94. The van der Waals surface area contributed by atoms with E-state index in [1.807, 2.05) is 12.1 Å². The summed E-state index contributed by atoms with van der Waals surface area (Å²) in [6.07, 6.45) is 3.28. The average Bonchev–Trinajstić information content (AvgIpc) is 3.09. The lowest BCUT2D eigenvalue weighted by molar-refractivity contribution is 0.0903. The molecular formula is C21H32N2O2. The number of nitrogens with one attached hydrogen (secondary N) is 1. The van der Waals surface area contributed by atoms with E-state index in [4.69, 9.17) is 4.74 Å². The lowest BCUT2D eigenvalue weighted by Gasteiger charge is -2.33. The highest BCUT2D eigenvalue weighted by atomic mass is 16.5. The van der Waals surface area contributed by atoms with Gasteiger partial charge in [-0.15, -0.1) is 0 Å².